The van der Waals surface area contributed by atoms with Gasteiger partial charge in [0.15, 0.2) is 0 Å². The van der Waals surface area contributed by atoms with E-state index in [-0.39, 0.29) is 12.6 Å². The van der Waals surface area contributed by atoms with Crippen LogP contribution in [0.5, 0.6) is 0 Å². The molecule has 0 heterocycles. The third kappa shape index (κ3) is 6.78. The molecule has 1 aromatic carbocycles. The van der Waals surface area contributed by atoms with Crippen LogP contribution < -0.4 is 5.32 Å². The summed E-state index contributed by atoms with van der Waals surface area (Å²) >= 11 is 5.84. The second-order valence-corrected chi connectivity index (χ2v) is 6.12. The molecule has 2 N–H and O–H groups in total. The van der Waals surface area contributed by atoms with Crippen molar-refractivity contribution in [1.29, 1.82) is 0 Å². The Labute approximate surface area is 125 Å². The molecular formula is C15H22ClNO3. The number of aliphatic hydroxyl groups excluding tert-OH is 1. The second-order valence-electron chi connectivity index (χ2n) is 5.69. The van der Waals surface area contributed by atoms with E-state index in [1.165, 1.54) is 0 Å². The molecule has 1 aromatic rings. The van der Waals surface area contributed by atoms with Crippen molar-refractivity contribution in [2.24, 2.45) is 0 Å². The molecule has 0 saturated heterocycles. The standard InChI is InChI=1S/C15H22ClNO3/c1-15(2,3)20-14(19)17-13(8-9-18)10-11-4-6-12(16)7-5-11/h4-7,13,18H,8-10H2,1-3H3,(H,17,19). The lowest BCUT2D eigenvalue weighted by atomic mass is 10.0. The molecule has 0 radical (unpaired) electrons. The predicted octanol–water partition coefficient (Wildman–Crippen LogP) is 3.16. The average Bonchev–Trinajstić information content (AvgIpc) is 2.30. The smallest absolute Gasteiger partial charge is 0.407 e. The SMILES string of the molecule is CC(C)(C)OC(=O)NC(CCO)Cc1ccc(Cl)cc1. The van der Waals surface area contributed by atoms with E-state index >= 15 is 0 Å². The maximum atomic E-state index is 11.8. The molecule has 0 bridgehead atoms. The molecule has 0 saturated carbocycles. The molecule has 4 nitrogen and oxygen atoms in total. The molecule has 0 aliphatic heterocycles. The van der Waals surface area contributed by atoms with E-state index in [2.05, 4.69) is 5.32 Å². The molecule has 112 valence electrons. The van der Waals surface area contributed by atoms with Crippen LogP contribution in [0.25, 0.3) is 0 Å². The van der Waals surface area contributed by atoms with Crippen molar-refractivity contribution in [3.8, 4) is 0 Å². The molecule has 0 aromatic heterocycles. The van der Waals surface area contributed by atoms with E-state index in [4.69, 9.17) is 21.4 Å². The van der Waals surface area contributed by atoms with Crippen molar-refractivity contribution in [3.05, 3.63) is 34.9 Å². The van der Waals surface area contributed by atoms with Crippen molar-refractivity contribution in [2.75, 3.05) is 6.61 Å². The first kappa shape index (κ1) is 16.8. The topological polar surface area (TPSA) is 58.6 Å². The maximum Gasteiger partial charge on any atom is 0.407 e. The van der Waals surface area contributed by atoms with Gasteiger partial charge < -0.3 is 15.2 Å². The van der Waals surface area contributed by atoms with Crippen molar-refractivity contribution in [3.63, 3.8) is 0 Å². The van der Waals surface area contributed by atoms with Crippen molar-refractivity contribution in [2.45, 2.75) is 45.3 Å². The van der Waals surface area contributed by atoms with Gasteiger partial charge in [0.25, 0.3) is 0 Å². The summed E-state index contributed by atoms with van der Waals surface area (Å²) in [6.45, 7) is 5.44. The number of nitrogens with one attached hydrogen (secondary N) is 1. The minimum Gasteiger partial charge on any atom is -0.444 e. The Morgan fingerprint density at radius 1 is 1.35 bits per heavy atom. The van der Waals surface area contributed by atoms with E-state index in [0.717, 1.165) is 5.56 Å². The van der Waals surface area contributed by atoms with E-state index in [0.29, 0.717) is 17.9 Å². The van der Waals surface area contributed by atoms with Crippen LogP contribution in [-0.4, -0.2) is 29.4 Å². The van der Waals surface area contributed by atoms with Crippen LogP contribution in [0.3, 0.4) is 0 Å². The van der Waals surface area contributed by atoms with Crippen LogP contribution >= 0.6 is 11.6 Å². The van der Waals surface area contributed by atoms with Gasteiger partial charge in [-0.1, -0.05) is 23.7 Å². The summed E-state index contributed by atoms with van der Waals surface area (Å²) in [7, 11) is 0. The van der Waals surface area contributed by atoms with Crippen LogP contribution in [0, 0.1) is 0 Å². The molecule has 0 spiro atoms. The third-order valence-electron chi connectivity index (χ3n) is 2.59. The number of rotatable bonds is 5. The fraction of sp³-hybridized carbons (Fsp3) is 0.533. The number of amides is 1. The quantitative estimate of drug-likeness (QED) is 0.878. The summed E-state index contributed by atoms with van der Waals surface area (Å²) in [5, 5.41) is 12.5. The van der Waals surface area contributed by atoms with Crippen LogP contribution in [-0.2, 0) is 11.2 Å². The van der Waals surface area contributed by atoms with Crippen LogP contribution in [0.2, 0.25) is 5.02 Å². The number of hydrogen-bond donors (Lipinski definition) is 2. The fourth-order valence-corrected chi connectivity index (χ4v) is 1.89. The van der Waals surface area contributed by atoms with Gasteiger partial charge in [-0.25, -0.2) is 4.79 Å². The number of ether oxygens (including phenoxy) is 1. The Kier molecular flexibility index (Phi) is 6.30. The summed E-state index contributed by atoms with van der Waals surface area (Å²) in [6, 6.07) is 7.25. The van der Waals surface area contributed by atoms with Gasteiger partial charge in [0.1, 0.15) is 5.60 Å². The van der Waals surface area contributed by atoms with Gasteiger partial charge >= 0.3 is 6.09 Å². The van der Waals surface area contributed by atoms with Crippen molar-refractivity contribution < 1.29 is 14.6 Å². The second kappa shape index (κ2) is 7.50. The zero-order valence-electron chi connectivity index (χ0n) is 12.1. The summed E-state index contributed by atoms with van der Waals surface area (Å²) in [6.07, 6.45) is 0.628. The number of alkyl carbamates (subject to hydrolysis) is 1. The lowest BCUT2D eigenvalue weighted by Gasteiger charge is -2.23. The minimum absolute atomic E-state index is 0.00799. The highest BCUT2D eigenvalue weighted by Gasteiger charge is 2.19. The Balaban J connectivity index is 2.60. The summed E-state index contributed by atoms with van der Waals surface area (Å²) in [5.74, 6) is 0. The zero-order valence-corrected chi connectivity index (χ0v) is 12.9. The van der Waals surface area contributed by atoms with Gasteiger partial charge in [0.05, 0.1) is 0 Å². The number of hydrogen-bond acceptors (Lipinski definition) is 3. The maximum absolute atomic E-state index is 11.8. The lowest BCUT2D eigenvalue weighted by molar-refractivity contribution is 0.0497. The molecule has 0 aliphatic carbocycles. The van der Waals surface area contributed by atoms with E-state index in [1.807, 2.05) is 32.9 Å². The van der Waals surface area contributed by atoms with Crippen molar-refractivity contribution in [1.82, 2.24) is 5.32 Å². The molecule has 5 heteroatoms. The molecule has 1 amide bonds. The molecular weight excluding hydrogens is 278 g/mol. The number of carbonyl (C=O) groups is 1. The minimum atomic E-state index is -0.534. The Bertz CT molecular complexity index is 426. The van der Waals surface area contributed by atoms with E-state index < -0.39 is 11.7 Å². The number of carbonyl (C=O) groups excluding carboxylic acids is 1. The first-order valence-electron chi connectivity index (χ1n) is 6.65. The highest BCUT2D eigenvalue weighted by Crippen LogP contribution is 2.13. The van der Waals surface area contributed by atoms with Crippen LogP contribution in [0.15, 0.2) is 24.3 Å². The van der Waals surface area contributed by atoms with Gasteiger partial charge in [-0.2, -0.15) is 0 Å². The normalized spacial score (nSPS) is 12.8. The highest BCUT2D eigenvalue weighted by molar-refractivity contribution is 6.30. The Morgan fingerprint density at radius 2 is 1.95 bits per heavy atom. The van der Waals surface area contributed by atoms with Gasteiger partial charge in [0.2, 0.25) is 0 Å². The Morgan fingerprint density at radius 3 is 2.45 bits per heavy atom. The van der Waals surface area contributed by atoms with Crippen LogP contribution in [0.1, 0.15) is 32.8 Å². The molecule has 20 heavy (non-hydrogen) atoms. The van der Waals surface area contributed by atoms with Gasteiger partial charge in [-0.15, -0.1) is 0 Å². The highest BCUT2D eigenvalue weighted by atomic mass is 35.5. The third-order valence-corrected chi connectivity index (χ3v) is 2.85. The lowest BCUT2D eigenvalue weighted by Crippen LogP contribution is -2.40. The summed E-state index contributed by atoms with van der Waals surface area (Å²) in [4.78, 5) is 11.8. The van der Waals surface area contributed by atoms with Gasteiger partial charge in [-0.3, -0.25) is 0 Å². The van der Waals surface area contributed by atoms with Crippen LogP contribution in [0.4, 0.5) is 4.79 Å². The number of halogens is 1. The van der Waals surface area contributed by atoms with Crippen molar-refractivity contribution >= 4 is 17.7 Å². The fourth-order valence-electron chi connectivity index (χ4n) is 1.76. The first-order valence-corrected chi connectivity index (χ1v) is 7.03. The average molecular weight is 300 g/mol. The van der Waals surface area contributed by atoms with Gasteiger partial charge in [0, 0.05) is 17.7 Å². The first-order chi connectivity index (χ1) is 9.30. The number of benzene rings is 1. The van der Waals surface area contributed by atoms with E-state index in [1.54, 1.807) is 12.1 Å². The summed E-state index contributed by atoms with van der Waals surface area (Å²) in [5.41, 5.74) is 0.512. The van der Waals surface area contributed by atoms with Gasteiger partial charge in [-0.05, 0) is 51.3 Å². The summed E-state index contributed by atoms with van der Waals surface area (Å²) < 4.78 is 5.22. The zero-order chi connectivity index (χ0) is 15.2. The molecule has 0 aliphatic rings. The Hall–Kier alpha value is -1.26. The van der Waals surface area contributed by atoms with E-state index in [9.17, 15) is 4.79 Å². The number of aliphatic hydroxyl groups is 1. The molecule has 1 unspecified atom stereocenters. The monoisotopic (exact) mass is 299 g/mol. The molecule has 1 rings (SSSR count). The largest absolute Gasteiger partial charge is 0.444 e. The molecule has 0 fully saturated rings. The molecule has 1 atom stereocenters. The predicted molar refractivity (Wildman–Crippen MR) is 80.0 cm³/mol.